The smallest absolute Gasteiger partial charge is 0.146 e. The van der Waals surface area contributed by atoms with Gasteiger partial charge in [0.25, 0.3) is 0 Å². The SMILES string of the molecule is N#C/C(=C\c1ccccc1Oc1ccc(Cl)cc1Cl)C(N)=S. The molecule has 0 heterocycles. The Hall–Kier alpha value is -2.06. The fourth-order valence-electron chi connectivity index (χ4n) is 1.68. The third kappa shape index (κ3) is 3.99. The second-order valence-electron chi connectivity index (χ2n) is 4.25. The van der Waals surface area contributed by atoms with Crippen molar-refractivity contribution in [2.24, 2.45) is 5.73 Å². The Labute approximate surface area is 143 Å². The average Bonchev–Trinajstić information content (AvgIpc) is 2.48. The van der Waals surface area contributed by atoms with E-state index in [0.29, 0.717) is 27.1 Å². The van der Waals surface area contributed by atoms with Crippen LogP contribution in [0.4, 0.5) is 0 Å². The molecule has 2 aromatic rings. The van der Waals surface area contributed by atoms with Crippen LogP contribution in [0.15, 0.2) is 48.0 Å². The van der Waals surface area contributed by atoms with E-state index in [0.717, 1.165) is 0 Å². The summed E-state index contributed by atoms with van der Waals surface area (Å²) in [4.78, 5) is 0.0295. The maximum absolute atomic E-state index is 9.05. The highest BCUT2D eigenvalue weighted by Crippen LogP contribution is 2.33. The zero-order valence-corrected chi connectivity index (χ0v) is 13.5. The van der Waals surface area contributed by atoms with Crippen molar-refractivity contribution in [3.05, 3.63) is 63.6 Å². The van der Waals surface area contributed by atoms with E-state index < -0.39 is 0 Å². The van der Waals surface area contributed by atoms with E-state index in [4.69, 9.17) is 51.2 Å². The topological polar surface area (TPSA) is 59.0 Å². The molecular weight excluding hydrogens is 339 g/mol. The molecule has 0 fully saturated rings. The summed E-state index contributed by atoms with van der Waals surface area (Å²) in [5.74, 6) is 0.983. The number of para-hydroxylation sites is 1. The Bertz CT molecular complexity index is 797. The zero-order chi connectivity index (χ0) is 16.1. The molecule has 0 unspecified atom stereocenters. The molecule has 0 aromatic heterocycles. The summed E-state index contributed by atoms with van der Waals surface area (Å²) < 4.78 is 5.79. The number of rotatable bonds is 4. The highest BCUT2D eigenvalue weighted by atomic mass is 35.5. The minimum atomic E-state index is 0.0295. The Kier molecular flexibility index (Phi) is 5.40. The molecular formula is C16H10Cl2N2OS. The van der Waals surface area contributed by atoms with Crippen LogP contribution in [0.2, 0.25) is 10.0 Å². The van der Waals surface area contributed by atoms with Gasteiger partial charge in [-0.05, 0) is 30.3 Å². The first-order valence-electron chi connectivity index (χ1n) is 6.15. The van der Waals surface area contributed by atoms with Gasteiger partial charge in [0.15, 0.2) is 0 Å². The molecule has 0 atom stereocenters. The first-order chi connectivity index (χ1) is 10.5. The number of nitriles is 1. The summed E-state index contributed by atoms with van der Waals surface area (Å²) in [5, 5.41) is 9.96. The molecule has 0 aliphatic rings. The van der Waals surface area contributed by atoms with Crippen molar-refractivity contribution in [3.8, 4) is 17.6 Å². The molecule has 2 aromatic carbocycles. The second-order valence-corrected chi connectivity index (χ2v) is 5.53. The molecule has 0 aliphatic carbocycles. The molecule has 0 spiro atoms. The number of nitrogens with zero attached hydrogens (tertiary/aromatic N) is 1. The van der Waals surface area contributed by atoms with Crippen molar-refractivity contribution < 1.29 is 4.74 Å². The summed E-state index contributed by atoms with van der Waals surface area (Å²) in [5.41, 5.74) is 6.37. The Balaban J connectivity index is 2.41. The van der Waals surface area contributed by atoms with Crippen molar-refractivity contribution in [1.82, 2.24) is 0 Å². The molecule has 0 radical (unpaired) electrons. The molecule has 0 saturated heterocycles. The van der Waals surface area contributed by atoms with Gasteiger partial charge in [-0.15, -0.1) is 0 Å². The van der Waals surface area contributed by atoms with Crippen LogP contribution < -0.4 is 10.5 Å². The number of benzene rings is 2. The van der Waals surface area contributed by atoms with Gasteiger partial charge in [-0.3, -0.25) is 0 Å². The molecule has 0 amide bonds. The highest BCUT2D eigenvalue weighted by Gasteiger charge is 2.08. The summed E-state index contributed by atoms with van der Waals surface area (Å²) in [7, 11) is 0. The lowest BCUT2D eigenvalue weighted by Gasteiger charge is -2.10. The van der Waals surface area contributed by atoms with Crippen molar-refractivity contribution in [2.45, 2.75) is 0 Å². The van der Waals surface area contributed by atoms with Gasteiger partial charge >= 0.3 is 0 Å². The molecule has 0 bridgehead atoms. The predicted octanol–water partition coefficient (Wildman–Crippen LogP) is 4.98. The zero-order valence-electron chi connectivity index (χ0n) is 11.2. The van der Waals surface area contributed by atoms with Crippen molar-refractivity contribution in [3.63, 3.8) is 0 Å². The summed E-state index contributed by atoms with van der Waals surface area (Å²) in [6, 6.07) is 14.1. The first kappa shape index (κ1) is 16.3. The van der Waals surface area contributed by atoms with Crippen molar-refractivity contribution in [2.75, 3.05) is 0 Å². The van der Waals surface area contributed by atoms with Gasteiger partial charge in [0, 0.05) is 10.6 Å². The van der Waals surface area contributed by atoms with E-state index in [9.17, 15) is 0 Å². The monoisotopic (exact) mass is 348 g/mol. The maximum Gasteiger partial charge on any atom is 0.146 e. The molecule has 2 N–H and O–H groups in total. The Morgan fingerprint density at radius 1 is 1.18 bits per heavy atom. The summed E-state index contributed by atoms with van der Waals surface area (Å²) in [6.45, 7) is 0. The van der Waals surface area contributed by atoms with E-state index >= 15 is 0 Å². The van der Waals surface area contributed by atoms with E-state index in [2.05, 4.69) is 0 Å². The van der Waals surface area contributed by atoms with Crippen molar-refractivity contribution >= 4 is 46.5 Å². The quantitative estimate of drug-likeness (QED) is 0.480. The summed E-state index contributed by atoms with van der Waals surface area (Å²) in [6.07, 6.45) is 1.57. The number of nitrogens with two attached hydrogens (primary N) is 1. The summed E-state index contributed by atoms with van der Waals surface area (Å²) >= 11 is 16.8. The number of halogens is 2. The second kappa shape index (κ2) is 7.28. The molecule has 2 rings (SSSR count). The maximum atomic E-state index is 9.05. The van der Waals surface area contributed by atoms with Crippen LogP contribution in [0.25, 0.3) is 6.08 Å². The average molecular weight is 349 g/mol. The third-order valence-electron chi connectivity index (χ3n) is 2.72. The molecule has 22 heavy (non-hydrogen) atoms. The lowest BCUT2D eigenvalue weighted by Crippen LogP contribution is -2.09. The fourth-order valence-corrected chi connectivity index (χ4v) is 2.23. The normalized spacial score (nSPS) is 10.9. The van der Waals surface area contributed by atoms with Gasteiger partial charge in [-0.2, -0.15) is 5.26 Å². The molecule has 6 heteroatoms. The number of hydrogen-bond acceptors (Lipinski definition) is 3. The van der Waals surface area contributed by atoms with Gasteiger partial charge in [0.05, 0.1) is 10.6 Å². The Morgan fingerprint density at radius 3 is 2.55 bits per heavy atom. The molecule has 3 nitrogen and oxygen atoms in total. The largest absolute Gasteiger partial charge is 0.455 e. The van der Waals surface area contributed by atoms with E-state index in [1.54, 1.807) is 36.4 Å². The number of ether oxygens (including phenoxy) is 1. The van der Waals surface area contributed by atoms with Gasteiger partial charge in [-0.1, -0.05) is 53.6 Å². The van der Waals surface area contributed by atoms with Crippen LogP contribution in [0.1, 0.15) is 5.56 Å². The number of hydrogen-bond donors (Lipinski definition) is 1. The standard InChI is InChI=1S/C16H10Cl2N2OS/c17-12-5-6-15(13(18)8-12)21-14-4-2-1-3-10(14)7-11(9-19)16(20)22/h1-8H,(H2,20,22)/b11-7+. The third-order valence-corrected chi connectivity index (χ3v) is 3.47. The van der Waals surface area contributed by atoms with Crippen LogP contribution >= 0.6 is 35.4 Å². The first-order valence-corrected chi connectivity index (χ1v) is 7.31. The fraction of sp³-hybridized carbons (Fsp3) is 0. The molecule has 0 saturated carbocycles. The van der Waals surface area contributed by atoms with Gasteiger partial charge in [0.2, 0.25) is 0 Å². The lowest BCUT2D eigenvalue weighted by atomic mass is 10.1. The highest BCUT2D eigenvalue weighted by molar-refractivity contribution is 7.80. The molecule has 0 aliphatic heterocycles. The van der Waals surface area contributed by atoms with Gasteiger partial charge < -0.3 is 10.5 Å². The van der Waals surface area contributed by atoms with Crippen LogP contribution in [0.3, 0.4) is 0 Å². The minimum Gasteiger partial charge on any atom is -0.455 e. The van der Waals surface area contributed by atoms with Crippen LogP contribution in [0.5, 0.6) is 11.5 Å². The predicted molar refractivity (Wildman–Crippen MR) is 93.4 cm³/mol. The van der Waals surface area contributed by atoms with Gasteiger partial charge in [0.1, 0.15) is 22.6 Å². The van der Waals surface area contributed by atoms with Crippen LogP contribution in [-0.2, 0) is 0 Å². The minimum absolute atomic E-state index is 0.0295. The van der Waals surface area contributed by atoms with Gasteiger partial charge in [-0.25, -0.2) is 0 Å². The lowest BCUT2D eigenvalue weighted by molar-refractivity contribution is 0.482. The van der Waals surface area contributed by atoms with Crippen LogP contribution in [0, 0.1) is 11.3 Å². The van der Waals surface area contributed by atoms with E-state index in [-0.39, 0.29) is 10.6 Å². The molecule has 110 valence electrons. The van der Waals surface area contributed by atoms with Crippen molar-refractivity contribution in [1.29, 1.82) is 5.26 Å². The van der Waals surface area contributed by atoms with E-state index in [1.165, 1.54) is 0 Å². The van der Waals surface area contributed by atoms with E-state index in [1.807, 2.05) is 18.2 Å². The number of thiocarbonyl (C=S) groups is 1. The Morgan fingerprint density at radius 2 is 1.91 bits per heavy atom. The van der Waals surface area contributed by atoms with Crippen LogP contribution in [-0.4, -0.2) is 4.99 Å².